The largest absolute Gasteiger partial charge is 0.445 e. The maximum absolute atomic E-state index is 13.3. The molecule has 1 heterocycles. The van der Waals surface area contributed by atoms with Crippen LogP contribution in [0, 0.1) is 5.92 Å². The molecule has 9 nitrogen and oxygen atoms in total. The normalized spacial score (nSPS) is 18.9. The first-order valence-corrected chi connectivity index (χ1v) is 15.2. The Kier molecular flexibility index (Phi) is 12.2. The van der Waals surface area contributed by atoms with Gasteiger partial charge in [-0.1, -0.05) is 86.2 Å². The minimum atomic E-state index is -0.857. The van der Waals surface area contributed by atoms with Gasteiger partial charge in [-0.05, 0) is 42.0 Å². The number of nitrogens with one attached hydrogen (secondary N) is 2. The van der Waals surface area contributed by atoms with Crippen molar-refractivity contribution in [1.29, 1.82) is 0 Å². The Labute approximate surface area is 252 Å². The van der Waals surface area contributed by atoms with Crippen molar-refractivity contribution in [3.05, 3.63) is 70.7 Å². The van der Waals surface area contributed by atoms with E-state index in [2.05, 4.69) is 10.6 Å². The topological polar surface area (TPSA) is 114 Å². The number of alkyl carbamates (subject to hydrolysis) is 1. The summed E-state index contributed by atoms with van der Waals surface area (Å²) in [6, 6.07) is 15.0. The Hall–Kier alpha value is -3.43. The van der Waals surface area contributed by atoms with E-state index in [1.165, 1.54) is 6.42 Å². The van der Waals surface area contributed by atoms with Crippen molar-refractivity contribution in [2.24, 2.45) is 5.92 Å². The molecule has 2 aromatic rings. The minimum absolute atomic E-state index is 0.00983. The zero-order chi connectivity index (χ0) is 29.7. The molecule has 0 bridgehead atoms. The molecule has 3 atom stereocenters. The van der Waals surface area contributed by atoms with Crippen LogP contribution >= 0.6 is 11.6 Å². The first kappa shape index (κ1) is 31.5. The van der Waals surface area contributed by atoms with Crippen LogP contribution in [0.4, 0.5) is 4.79 Å². The summed E-state index contributed by atoms with van der Waals surface area (Å²) >= 11 is 6.01. The number of halogens is 1. The van der Waals surface area contributed by atoms with Crippen LogP contribution in [0.3, 0.4) is 0 Å². The first-order valence-electron chi connectivity index (χ1n) is 14.8. The number of aldehydes is 1. The third-order valence-electron chi connectivity index (χ3n) is 7.91. The van der Waals surface area contributed by atoms with E-state index < -0.39 is 24.1 Å². The minimum Gasteiger partial charge on any atom is -0.445 e. The predicted molar refractivity (Wildman–Crippen MR) is 159 cm³/mol. The molecule has 1 aliphatic carbocycles. The number of carbonyl (C=O) groups is 4. The number of amides is 3. The van der Waals surface area contributed by atoms with Crippen molar-refractivity contribution in [1.82, 2.24) is 15.5 Å². The van der Waals surface area contributed by atoms with Gasteiger partial charge in [0.15, 0.2) is 0 Å². The molecule has 1 saturated heterocycles. The Morgan fingerprint density at radius 2 is 1.83 bits per heavy atom. The van der Waals surface area contributed by atoms with Crippen LogP contribution in [0.1, 0.15) is 68.6 Å². The fraction of sp³-hybridized carbons (Fsp3) is 0.500. The molecule has 2 aliphatic rings. The average Bonchev–Trinajstić information content (AvgIpc) is 3.02. The van der Waals surface area contributed by atoms with E-state index in [0.717, 1.165) is 36.8 Å². The van der Waals surface area contributed by atoms with Crippen LogP contribution < -0.4 is 10.6 Å². The fourth-order valence-corrected chi connectivity index (χ4v) is 5.80. The molecule has 4 rings (SSSR count). The SMILES string of the molecule is O=C[C@@H](CCC(=O)N1CCOC(c2ccccc2)C1)NC(=O)[C@@H](CC1CCCCC1)NC(=O)OCc1cccc(Cl)c1. The van der Waals surface area contributed by atoms with Gasteiger partial charge in [0.05, 0.1) is 19.2 Å². The fourth-order valence-electron chi connectivity index (χ4n) is 5.59. The molecule has 10 heteroatoms. The Bertz CT molecular complexity index is 1190. The van der Waals surface area contributed by atoms with Gasteiger partial charge in [0.25, 0.3) is 0 Å². The van der Waals surface area contributed by atoms with Crippen molar-refractivity contribution >= 4 is 35.8 Å². The maximum atomic E-state index is 13.3. The molecule has 0 spiro atoms. The summed E-state index contributed by atoms with van der Waals surface area (Å²) in [5, 5.41) is 5.99. The van der Waals surface area contributed by atoms with Crippen LogP contribution in [-0.2, 0) is 30.5 Å². The molecule has 226 valence electrons. The standard InChI is InChI=1S/C32H40ClN3O6/c33-26-13-7-10-24(18-26)22-42-32(40)35-28(19-23-8-3-1-4-9-23)31(39)34-27(21-37)14-15-30(38)36-16-17-41-29(20-36)25-11-5-2-6-12-25/h2,5-7,10-13,18,21,23,27-29H,1,3-4,8-9,14-17,19-20,22H2,(H,34,39)(H,35,40)/t27-,28-,29?/m1/s1. The summed E-state index contributed by atoms with van der Waals surface area (Å²) in [6.45, 7) is 1.35. The van der Waals surface area contributed by atoms with Crippen LogP contribution in [-0.4, -0.2) is 60.9 Å². The lowest BCUT2D eigenvalue weighted by atomic mass is 9.84. The van der Waals surface area contributed by atoms with E-state index >= 15 is 0 Å². The van der Waals surface area contributed by atoms with Gasteiger partial charge < -0.3 is 29.8 Å². The number of rotatable bonds is 12. The highest BCUT2D eigenvalue weighted by Gasteiger charge is 2.29. The zero-order valence-corrected chi connectivity index (χ0v) is 24.6. The predicted octanol–water partition coefficient (Wildman–Crippen LogP) is 4.97. The van der Waals surface area contributed by atoms with Gasteiger partial charge in [-0.2, -0.15) is 0 Å². The molecule has 3 amide bonds. The highest BCUT2D eigenvalue weighted by Crippen LogP contribution is 2.28. The molecule has 1 unspecified atom stereocenters. The number of morpholine rings is 1. The second-order valence-corrected chi connectivity index (χ2v) is 11.5. The Morgan fingerprint density at radius 3 is 2.57 bits per heavy atom. The van der Waals surface area contributed by atoms with Gasteiger partial charge in [-0.25, -0.2) is 4.79 Å². The van der Waals surface area contributed by atoms with Gasteiger partial charge in [-0.15, -0.1) is 0 Å². The van der Waals surface area contributed by atoms with E-state index in [1.807, 2.05) is 30.3 Å². The molecule has 2 aromatic carbocycles. The van der Waals surface area contributed by atoms with E-state index in [1.54, 1.807) is 29.2 Å². The summed E-state index contributed by atoms with van der Waals surface area (Å²) in [4.78, 5) is 52.6. The van der Waals surface area contributed by atoms with Gasteiger partial charge in [0.2, 0.25) is 11.8 Å². The van der Waals surface area contributed by atoms with Gasteiger partial charge in [0.1, 0.15) is 25.0 Å². The Morgan fingerprint density at radius 1 is 1.05 bits per heavy atom. The van der Waals surface area contributed by atoms with Crippen molar-refractivity contribution in [3.63, 3.8) is 0 Å². The van der Waals surface area contributed by atoms with E-state index in [4.69, 9.17) is 21.1 Å². The average molecular weight is 598 g/mol. The van der Waals surface area contributed by atoms with Crippen molar-refractivity contribution in [2.75, 3.05) is 19.7 Å². The number of carbonyl (C=O) groups excluding carboxylic acids is 4. The number of nitrogens with zero attached hydrogens (tertiary/aromatic N) is 1. The summed E-state index contributed by atoms with van der Waals surface area (Å²) in [5.74, 6) is -0.264. The van der Waals surface area contributed by atoms with Gasteiger partial charge in [0, 0.05) is 18.0 Å². The molecule has 1 aliphatic heterocycles. The number of benzene rings is 2. The van der Waals surface area contributed by atoms with Crippen LogP contribution in [0.15, 0.2) is 54.6 Å². The van der Waals surface area contributed by atoms with Crippen LogP contribution in [0.2, 0.25) is 5.02 Å². The smallest absolute Gasteiger partial charge is 0.408 e. The lowest BCUT2D eigenvalue weighted by molar-refractivity contribution is -0.139. The molecular weight excluding hydrogens is 558 g/mol. The summed E-state index contributed by atoms with van der Waals surface area (Å²) < 4.78 is 11.2. The number of ether oxygens (including phenoxy) is 2. The van der Waals surface area contributed by atoms with Gasteiger partial charge in [-0.3, -0.25) is 9.59 Å². The molecule has 42 heavy (non-hydrogen) atoms. The van der Waals surface area contributed by atoms with Gasteiger partial charge >= 0.3 is 6.09 Å². The Balaban J connectivity index is 1.30. The molecule has 0 radical (unpaired) electrons. The summed E-state index contributed by atoms with van der Waals surface area (Å²) in [6.07, 6.45) is 5.76. The lowest BCUT2D eigenvalue weighted by Gasteiger charge is -2.33. The summed E-state index contributed by atoms with van der Waals surface area (Å²) in [5.41, 5.74) is 1.74. The lowest BCUT2D eigenvalue weighted by Crippen LogP contribution is -2.51. The van der Waals surface area contributed by atoms with Crippen molar-refractivity contribution in [3.8, 4) is 0 Å². The molecule has 2 N–H and O–H groups in total. The highest BCUT2D eigenvalue weighted by atomic mass is 35.5. The van der Waals surface area contributed by atoms with Crippen molar-refractivity contribution < 1.29 is 28.7 Å². The number of hydrogen-bond donors (Lipinski definition) is 2. The van der Waals surface area contributed by atoms with Crippen LogP contribution in [0.25, 0.3) is 0 Å². The number of hydrogen-bond acceptors (Lipinski definition) is 6. The van der Waals surface area contributed by atoms with E-state index in [0.29, 0.717) is 37.4 Å². The third kappa shape index (κ3) is 9.84. The molecule has 0 aromatic heterocycles. The van der Waals surface area contributed by atoms with Crippen LogP contribution in [0.5, 0.6) is 0 Å². The molecule has 2 fully saturated rings. The summed E-state index contributed by atoms with van der Waals surface area (Å²) in [7, 11) is 0. The molecule has 1 saturated carbocycles. The first-order chi connectivity index (χ1) is 20.4. The molecular formula is C32H40ClN3O6. The second kappa shape index (κ2) is 16.3. The second-order valence-electron chi connectivity index (χ2n) is 11.0. The third-order valence-corrected chi connectivity index (χ3v) is 8.15. The highest BCUT2D eigenvalue weighted by molar-refractivity contribution is 6.30. The quantitative estimate of drug-likeness (QED) is 0.334. The van der Waals surface area contributed by atoms with E-state index in [9.17, 15) is 19.2 Å². The zero-order valence-electron chi connectivity index (χ0n) is 23.8. The monoisotopic (exact) mass is 597 g/mol. The van der Waals surface area contributed by atoms with E-state index in [-0.39, 0.29) is 37.4 Å². The van der Waals surface area contributed by atoms with Crippen molar-refractivity contribution in [2.45, 2.75) is 76.2 Å². The maximum Gasteiger partial charge on any atom is 0.408 e.